The number of carbonyl (C=O) groups excluding carboxylic acids is 1. The molecule has 0 amide bonds. The van der Waals surface area contributed by atoms with Gasteiger partial charge in [-0.2, -0.15) is 5.26 Å². The van der Waals surface area contributed by atoms with Crippen molar-refractivity contribution in [3.63, 3.8) is 0 Å². The molecule has 0 heterocycles. The van der Waals surface area contributed by atoms with Crippen molar-refractivity contribution < 1.29 is 9.18 Å². The summed E-state index contributed by atoms with van der Waals surface area (Å²) in [5.74, 6) is 0.613. The summed E-state index contributed by atoms with van der Waals surface area (Å²) in [7, 11) is 4.01. The molecule has 2 N–H and O–H groups in total. The van der Waals surface area contributed by atoms with Gasteiger partial charge < -0.3 is 10.5 Å². The molecule has 7 heteroatoms. The minimum Gasteiger partial charge on any atom is -0.321 e. The molecule has 5 atom stereocenters. The van der Waals surface area contributed by atoms with Crippen LogP contribution in [0.15, 0.2) is 24.3 Å². The Bertz CT molecular complexity index is 799. The summed E-state index contributed by atoms with van der Waals surface area (Å²) in [5, 5.41) is 8.31. The Hall–Kier alpha value is -1.85. The molecule has 0 aromatic heterocycles. The number of hydrogen-bond donors (Lipinski definition) is 1. The fourth-order valence-corrected chi connectivity index (χ4v) is 4.85. The molecule has 0 aliphatic heterocycles. The van der Waals surface area contributed by atoms with Crippen LogP contribution in [0.2, 0.25) is 0 Å². The lowest BCUT2D eigenvalue weighted by Crippen LogP contribution is -2.54. The summed E-state index contributed by atoms with van der Waals surface area (Å²) >= 11 is 0. The van der Waals surface area contributed by atoms with Crippen LogP contribution in [0, 0.1) is 23.1 Å². The van der Waals surface area contributed by atoms with E-state index in [2.05, 4.69) is 55.4 Å². The average molecular weight is 564 g/mol. The maximum atomic E-state index is 13.5. The molecular formula is C33H62FN5O. The van der Waals surface area contributed by atoms with Crippen molar-refractivity contribution in [2.45, 2.75) is 125 Å². The van der Waals surface area contributed by atoms with Gasteiger partial charge in [-0.25, -0.2) is 4.39 Å². The highest BCUT2D eigenvalue weighted by molar-refractivity contribution is 5.57. The molecule has 1 aliphatic carbocycles. The van der Waals surface area contributed by atoms with Gasteiger partial charge in [0.05, 0.1) is 25.3 Å². The number of nitriles is 1. The van der Waals surface area contributed by atoms with E-state index in [-0.39, 0.29) is 11.4 Å². The number of benzene rings is 1. The smallest absolute Gasteiger partial charge is 0.137 e. The molecule has 5 unspecified atom stereocenters. The number of aldehydes is 1. The third-order valence-corrected chi connectivity index (χ3v) is 7.53. The molecule has 2 rings (SSSR count). The van der Waals surface area contributed by atoms with E-state index in [0.29, 0.717) is 31.8 Å². The van der Waals surface area contributed by atoms with Crippen LogP contribution in [0.4, 0.5) is 4.39 Å². The van der Waals surface area contributed by atoms with E-state index in [9.17, 15) is 9.18 Å². The lowest BCUT2D eigenvalue weighted by Gasteiger charge is -2.47. The molecule has 0 bridgehead atoms. The molecule has 1 saturated carbocycles. The molecule has 1 aromatic carbocycles. The quantitative estimate of drug-likeness (QED) is 0.107. The van der Waals surface area contributed by atoms with Crippen LogP contribution in [0.25, 0.3) is 0 Å². The van der Waals surface area contributed by atoms with Gasteiger partial charge in [0.1, 0.15) is 12.1 Å². The Labute approximate surface area is 247 Å². The number of nitrogens with two attached hydrogens (primary N) is 1. The van der Waals surface area contributed by atoms with E-state index >= 15 is 0 Å². The molecule has 6 nitrogen and oxygen atoms in total. The van der Waals surface area contributed by atoms with Gasteiger partial charge in [-0.05, 0) is 70.8 Å². The van der Waals surface area contributed by atoms with Crippen molar-refractivity contribution in [3.8, 4) is 6.07 Å². The highest BCUT2D eigenvalue weighted by Crippen LogP contribution is 2.36. The minimum atomic E-state index is -0.481. The average Bonchev–Trinajstić information content (AvgIpc) is 3.70. The van der Waals surface area contributed by atoms with Gasteiger partial charge in [-0.3, -0.25) is 14.7 Å². The first kappa shape index (κ1) is 40.3. The lowest BCUT2D eigenvalue weighted by molar-refractivity contribution is -0.109. The Balaban J connectivity index is 0. The number of likely N-dealkylation sites (N-methyl/N-ethyl adjacent to an activating group) is 1. The van der Waals surface area contributed by atoms with E-state index in [1.54, 1.807) is 12.1 Å². The van der Waals surface area contributed by atoms with Crippen molar-refractivity contribution in [1.82, 2.24) is 14.7 Å². The van der Waals surface area contributed by atoms with Crippen LogP contribution in [0.1, 0.15) is 106 Å². The van der Waals surface area contributed by atoms with Gasteiger partial charge in [0.25, 0.3) is 0 Å². The summed E-state index contributed by atoms with van der Waals surface area (Å²) < 4.78 is 13.5. The molecule has 1 aromatic rings. The van der Waals surface area contributed by atoms with E-state index in [1.807, 2.05) is 53.9 Å². The third-order valence-electron chi connectivity index (χ3n) is 7.53. The molecular weight excluding hydrogens is 501 g/mol. The maximum Gasteiger partial charge on any atom is 0.137 e. The summed E-state index contributed by atoms with van der Waals surface area (Å²) in [6, 6.07) is 9.62. The Morgan fingerprint density at radius 2 is 1.70 bits per heavy atom. The second kappa shape index (κ2) is 22.8. The number of rotatable bonds is 15. The number of nitrogens with zero attached hydrogens (tertiary/aromatic N) is 4. The summed E-state index contributed by atoms with van der Waals surface area (Å²) in [6.45, 7) is 20.9. The van der Waals surface area contributed by atoms with Crippen LogP contribution in [0.3, 0.4) is 0 Å². The van der Waals surface area contributed by atoms with Crippen molar-refractivity contribution in [1.29, 1.82) is 5.26 Å². The number of carbonyl (C=O) groups is 1. The molecule has 1 aliphatic rings. The van der Waals surface area contributed by atoms with E-state index < -0.39 is 6.04 Å². The fraction of sp³-hybridized carbons (Fsp3) is 0.758. The zero-order valence-electron chi connectivity index (χ0n) is 27.7. The van der Waals surface area contributed by atoms with E-state index in [4.69, 9.17) is 11.0 Å². The lowest BCUT2D eigenvalue weighted by atomic mass is 9.83. The topological polar surface area (TPSA) is 76.6 Å². The molecule has 232 valence electrons. The van der Waals surface area contributed by atoms with E-state index in [1.165, 1.54) is 12.8 Å². The maximum absolute atomic E-state index is 13.5. The van der Waals surface area contributed by atoms with Crippen molar-refractivity contribution in [3.05, 3.63) is 35.6 Å². The highest BCUT2D eigenvalue weighted by atomic mass is 19.1. The normalized spacial score (nSPS) is 18.6. The van der Waals surface area contributed by atoms with Crippen LogP contribution in [0.5, 0.6) is 0 Å². The number of halogens is 1. The van der Waals surface area contributed by atoms with Crippen molar-refractivity contribution >= 4 is 6.29 Å². The first-order valence-corrected chi connectivity index (χ1v) is 15.5. The molecule has 1 fully saturated rings. The summed E-state index contributed by atoms with van der Waals surface area (Å²) in [4.78, 5) is 17.6. The Morgan fingerprint density at radius 3 is 2.12 bits per heavy atom. The zero-order valence-corrected chi connectivity index (χ0v) is 27.7. The largest absolute Gasteiger partial charge is 0.321 e. The molecule has 40 heavy (non-hydrogen) atoms. The standard InChI is InChI=1S/C22H38FN3O.C7H12N2.2C2H6/c1-6-8-9-14-22(4,19-10-12-20(23)13-11-19)26(18(3)7-2)17-25(5)15-21(24)16-27;1-6-5-7(6)9(2)4-3-8;2*1-2/h10-13,16,18,21H,6-9,14-15,17,24H2,1-5H3;6-7H,4-5H2,1-2H3;2*1-2H3. The number of hydrogen-bond acceptors (Lipinski definition) is 6. The Kier molecular flexibility index (Phi) is 23.0. The third kappa shape index (κ3) is 14.7. The van der Waals surface area contributed by atoms with Gasteiger partial charge in [-0.15, -0.1) is 0 Å². The van der Waals surface area contributed by atoms with Gasteiger partial charge >= 0.3 is 0 Å². The summed E-state index contributed by atoms with van der Waals surface area (Å²) in [5.41, 5.74) is 6.75. The van der Waals surface area contributed by atoms with Crippen LogP contribution in [-0.4, -0.2) is 73.0 Å². The van der Waals surface area contributed by atoms with Crippen molar-refractivity contribution in [2.75, 3.05) is 33.9 Å². The van der Waals surface area contributed by atoms with Gasteiger partial charge in [0, 0.05) is 24.2 Å². The first-order chi connectivity index (χ1) is 19.0. The predicted molar refractivity (Wildman–Crippen MR) is 170 cm³/mol. The highest BCUT2D eigenvalue weighted by Gasteiger charge is 2.37. The Morgan fingerprint density at radius 1 is 1.15 bits per heavy atom. The van der Waals surface area contributed by atoms with Crippen LogP contribution in [-0.2, 0) is 10.3 Å². The van der Waals surface area contributed by atoms with Gasteiger partial charge in [0.2, 0.25) is 0 Å². The predicted octanol–water partition coefficient (Wildman–Crippen LogP) is 7.04. The first-order valence-electron chi connectivity index (χ1n) is 15.5. The van der Waals surface area contributed by atoms with Crippen molar-refractivity contribution in [2.24, 2.45) is 11.7 Å². The van der Waals surface area contributed by atoms with Crippen LogP contribution < -0.4 is 5.73 Å². The molecule has 0 spiro atoms. The van der Waals surface area contributed by atoms with Gasteiger partial charge in [0.15, 0.2) is 0 Å². The summed E-state index contributed by atoms with van der Waals surface area (Å²) in [6.07, 6.45) is 7.55. The minimum absolute atomic E-state index is 0.209. The molecule has 0 saturated heterocycles. The zero-order chi connectivity index (χ0) is 31.3. The van der Waals surface area contributed by atoms with E-state index in [0.717, 1.165) is 43.5 Å². The second-order valence-corrected chi connectivity index (χ2v) is 10.8. The molecule has 0 radical (unpaired) electrons. The van der Waals surface area contributed by atoms with Crippen LogP contribution >= 0.6 is 0 Å². The second-order valence-electron chi connectivity index (χ2n) is 10.8. The fourth-order valence-electron chi connectivity index (χ4n) is 4.85. The number of unbranched alkanes of at least 4 members (excludes halogenated alkanes) is 2. The van der Waals surface area contributed by atoms with Gasteiger partial charge in [-0.1, -0.05) is 79.9 Å². The monoisotopic (exact) mass is 563 g/mol. The SMILES string of the molecule is CC.CC.CC1CC1N(C)CC#N.CCCCCC(C)(c1ccc(F)cc1)N(CN(C)CC(N)C=O)C(C)CC.